The molecule has 2 aliphatic heterocycles. The molecule has 0 saturated carbocycles. The van der Waals surface area contributed by atoms with Gasteiger partial charge in [-0.15, -0.1) is 0 Å². The Morgan fingerprint density at radius 1 is 0.750 bits per heavy atom. The molecule has 0 spiro atoms. The van der Waals surface area contributed by atoms with E-state index in [1.54, 1.807) is 0 Å². The molecule has 0 aromatic heterocycles. The van der Waals surface area contributed by atoms with E-state index in [9.17, 15) is 0 Å². The SMILES string of the molecule is CC(C)N1CCOC[C@@H]1C.CC(C)N1CCOC[C@H]1C. The van der Waals surface area contributed by atoms with Crippen molar-refractivity contribution in [3.05, 3.63) is 0 Å². The molecule has 2 saturated heterocycles. The van der Waals surface area contributed by atoms with Crippen LogP contribution in [0.15, 0.2) is 0 Å². The Morgan fingerprint density at radius 3 is 1.30 bits per heavy atom. The zero-order valence-corrected chi connectivity index (χ0v) is 14.3. The molecule has 0 aliphatic carbocycles. The van der Waals surface area contributed by atoms with Gasteiger partial charge < -0.3 is 9.47 Å². The van der Waals surface area contributed by atoms with E-state index < -0.39 is 0 Å². The van der Waals surface area contributed by atoms with Gasteiger partial charge in [0.15, 0.2) is 0 Å². The average Bonchev–Trinajstić information content (AvgIpc) is 2.40. The highest BCUT2D eigenvalue weighted by Crippen LogP contribution is 2.10. The van der Waals surface area contributed by atoms with Crippen molar-refractivity contribution < 1.29 is 9.47 Å². The molecule has 2 rings (SSSR count). The number of rotatable bonds is 2. The van der Waals surface area contributed by atoms with Gasteiger partial charge in [-0.05, 0) is 41.5 Å². The van der Waals surface area contributed by atoms with Crippen molar-refractivity contribution >= 4 is 0 Å². The van der Waals surface area contributed by atoms with E-state index in [2.05, 4.69) is 51.3 Å². The van der Waals surface area contributed by atoms with Crippen molar-refractivity contribution in [2.24, 2.45) is 0 Å². The predicted octanol–water partition coefficient (Wildman–Crippen LogP) is 2.23. The summed E-state index contributed by atoms with van der Waals surface area (Å²) in [5, 5.41) is 0. The predicted molar refractivity (Wildman–Crippen MR) is 84.2 cm³/mol. The van der Waals surface area contributed by atoms with E-state index in [-0.39, 0.29) is 0 Å². The molecule has 0 bridgehead atoms. The minimum Gasteiger partial charge on any atom is -0.379 e. The standard InChI is InChI=1S/2C8H17NO/c2*1-7(2)9-4-5-10-6-8(9)3/h2*7-8H,4-6H2,1-3H3/t2*8-/m10/s1. The van der Waals surface area contributed by atoms with Crippen molar-refractivity contribution in [1.82, 2.24) is 9.80 Å². The van der Waals surface area contributed by atoms with E-state index in [0.29, 0.717) is 24.2 Å². The van der Waals surface area contributed by atoms with Crippen LogP contribution in [0.3, 0.4) is 0 Å². The van der Waals surface area contributed by atoms with Gasteiger partial charge in [0.1, 0.15) is 0 Å². The Kier molecular flexibility index (Phi) is 8.03. The van der Waals surface area contributed by atoms with Gasteiger partial charge in [0.2, 0.25) is 0 Å². The van der Waals surface area contributed by atoms with Crippen molar-refractivity contribution in [2.45, 2.75) is 65.7 Å². The van der Waals surface area contributed by atoms with Crippen LogP contribution in [0, 0.1) is 0 Å². The minimum absolute atomic E-state index is 0.605. The van der Waals surface area contributed by atoms with Gasteiger partial charge >= 0.3 is 0 Å². The summed E-state index contributed by atoms with van der Waals surface area (Å²) in [7, 11) is 0. The van der Waals surface area contributed by atoms with Crippen LogP contribution in [0.25, 0.3) is 0 Å². The lowest BCUT2D eigenvalue weighted by Crippen LogP contribution is -2.47. The Hall–Kier alpha value is -0.160. The molecule has 0 radical (unpaired) electrons. The Balaban J connectivity index is 0.000000200. The lowest BCUT2D eigenvalue weighted by atomic mass is 10.2. The fraction of sp³-hybridized carbons (Fsp3) is 1.00. The van der Waals surface area contributed by atoms with Crippen LogP contribution in [-0.2, 0) is 9.47 Å². The number of hydrogen-bond donors (Lipinski definition) is 0. The number of hydrogen-bond acceptors (Lipinski definition) is 4. The van der Waals surface area contributed by atoms with Crippen LogP contribution in [0.4, 0.5) is 0 Å². The highest BCUT2D eigenvalue weighted by atomic mass is 16.5. The maximum absolute atomic E-state index is 5.32. The molecule has 120 valence electrons. The van der Waals surface area contributed by atoms with Gasteiger partial charge in [-0.25, -0.2) is 0 Å². The molecular weight excluding hydrogens is 252 g/mol. The third-order valence-corrected chi connectivity index (χ3v) is 4.16. The van der Waals surface area contributed by atoms with Crippen LogP contribution >= 0.6 is 0 Å². The second kappa shape index (κ2) is 8.98. The van der Waals surface area contributed by atoms with E-state index >= 15 is 0 Å². The molecule has 2 fully saturated rings. The molecule has 2 heterocycles. The topological polar surface area (TPSA) is 24.9 Å². The van der Waals surface area contributed by atoms with Crippen LogP contribution in [-0.4, -0.2) is 73.5 Å². The van der Waals surface area contributed by atoms with Crippen LogP contribution in [0.2, 0.25) is 0 Å². The molecule has 0 amide bonds. The first kappa shape index (κ1) is 17.9. The minimum atomic E-state index is 0.605. The Labute approximate surface area is 125 Å². The summed E-state index contributed by atoms with van der Waals surface area (Å²) < 4.78 is 10.6. The first-order valence-corrected chi connectivity index (χ1v) is 8.10. The van der Waals surface area contributed by atoms with E-state index in [1.807, 2.05) is 0 Å². The second-order valence-electron chi connectivity index (χ2n) is 6.51. The molecule has 20 heavy (non-hydrogen) atoms. The average molecular weight is 286 g/mol. The van der Waals surface area contributed by atoms with Gasteiger partial charge in [-0.1, -0.05) is 0 Å². The van der Waals surface area contributed by atoms with Crippen molar-refractivity contribution in [1.29, 1.82) is 0 Å². The van der Waals surface area contributed by atoms with Crippen LogP contribution in [0.1, 0.15) is 41.5 Å². The Bertz CT molecular complexity index is 233. The molecule has 2 aliphatic rings. The molecule has 0 aromatic carbocycles. The molecule has 4 nitrogen and oxygen atoms in total. The monoisotopic (exact) mass is 286 g/mol. The number of morpholine rings is 2. The lowest BCUT2D eigenvalue weighted by Gasteiger charge is -2.36. The van der Waals surface area contributed by atoms with Crippen molar-refractivity contribution in [2.75, 3.05) is 39.5 Å². The quantitative estimate of drug-likeness (QED) is 0.777. The molecule has 2 atom stereocenters. The highest BCUT2D eigenvalue weighted by Gasteiger charge is 2.21. The van der Waals surface area contributed by atoms with Gasteiger partial charge in [0.25, 0.3) is 0 Å². The molecule has 0 unspecified atom stereocenters. The van der Waals surface area contributed by atoms with Crippen molar-refractivity contribution in [3.63, 3.8) is 0 Å². The van der Waals surface area contributed by atoms with E-state index in [4.69, 9.17) is 9.47 Å². The molecule has 0 aromatic rings. The normalized spacial score (nSPS) is 29.4. The van der Waals surface area contributed by atoms with Crippen LogP contribution < -0.4 is 0 Å². The van der Waals surface area contributed by atoms with Gasteiger partial charge in [-0.3, -0.25) is 9.80 Å². The summed E-state index contributed by atoms with van der Waals surface area (Å²) in [6.07, 6.45) is 0. The third-order valence-electron chi connectivity index (χ3n) is 4.16. The summed E-state index contributed by atoms with van der Waals surface area (Å²) >= 11 is 0. The Morgan fingerprint density at radius 2 is 1.10 bits per heavy atom. The first-order chi connectivity index (χ1) is 9.43. The summed E-state index contributed by atoms with van der Waals surface area (Å²) in [6, 6.07) is 2.54. The summed E-state index contributed by atoms with van der Waals surface area (Å²) in [5.41, 5.74) is 0. The van der Waals surface area contributed by atoms with Gasteiger partial charge in [0, 0.05) is 37.3 Å². The lowest BCUT2D eigenvalue weighted by molar-refractivity contribution is -0.0149. The van der Waals surface area contributed by atoms with E-state index in [1.165, 1.54) is 0 Å². The molecular formula is C16H34N2O2. The maximum Gasteiger partial charge on any atom is 0.0619 e. The summed E-state index contributed by atoms with van der Waals surface area (Å²) in [5.74, 6) is 0. The fourth-order valence-corrected chi connectivity index (χ4v) is 3.01. The highest BCUT2D eigenvalue weighted by molar-refractivity contribution is 4.74. The van der Waals surface area contributed by atoms with Crippen molar-refractivity contribution in [3.8, 4) is 0 Å². The third kappa shape index (κ3) is 5.68. The summed E-state index contributed by atoms with van der Waals surface area (Å²) in [6.45, 7) is 19.2. The smallest absolute Gasteiger partial charge is 0.0619 e. The van der Waals surface area contributed by atoms with Gasteiger partial charge in [0.05, 0.1) is 26.4 Å². The fourth-order valence-electron chi connectivity index (χ4n) is 3.01. The maximum atomic E-state index is 5.32. The zero-order valence-electron chi connectivity index (χ0n) is 14.3. The van der Waals surface area contributed by atoms with Gasteiger partial charge in [-0.2, -0.15) is 0 Å². The molecule has 4 heteroatoms. The summed E-state index contributed by atoms with van der Waals surface area (Å²) in [4.78, 5) is 4.95. The second-order valence-corrected chi connectivity index (χ2v) is 6.51. The number of nitrogens with zero attached hydrogens (tertiary/aromatic N) is 2. The first-order valence-electron chi connectivity index (χ1n) is 8.10. The van der Waals surface area contributed by atoms with Crippen LogP contribution in [0.5, 0.6) is 0 Å². The molecule has 0 N–H and O–H groups in total. The largest absolute Gasteiger partial charge is 0.379 e. The van der Waals surface area contributed by atoms with E-state index in [0.717, 1.165) is 39.5 Å². The zero-order chi connectivity index (χ0) is 15.1. The number of ether oxygens (including phenoxy) is 2.